The molecule has 1 aromatic carbocycles. The molecule has 96 valence electrons. The predicted molar refractivity (Wildman–Crippen MR) is 73.9 cm³/mol. The lowest BCUT2D eigenvalue weighted by Crippen LogP contribution is -2.39. The molecule has 0 aromatic heterocycles. The smallest absolute Gasteiger partial charge is 0.0919 e. The van der Waals surface area contributed by atoms with Crippen LogP contribution in [0.2, 0.25) is 0 Å². The molecule has 0 saturated heterocycles. The maximum absolute atomic E-state index is 10.8. The summed E-state index contributed by atoms with van der Waals surface area (Å²) in [5.74, 6) is 0.681. The van der Waals surface area contributed by atoms with Crippen molar-refractivity contribution in [3.8, 4) is 0 Å². The highest BCUT2D eigenvalue weighted by molar-refractivity contribution is 5.23. The lowest BCUT2D eigenvalue weighted by Gasteiger charge is -2.41. The Kier molecular flexibility index (Phi) is 4.37. The van der Waals surface area contributed by atoms with Crippen molar-refractivity contribution < 1.29 is 5.11 Å². The predicted octanol–water partition coefficient (Wildman–Crippen LogP) is 4.36. The van der Waals surface area contributed by atoms with Gasteiger partial charge < -0.3 is 5.11 Å². The molecule has 1 unspecified atom stereocenters. The van der Waals surface area contributed by atoms with Gasteiger partial charge in [0.1, 0.15) is 0 Å². The Balaban J connectivity index is 2.88. The maximum atomic E-state index is 10.8. The number of hydrogen-bond donors (Lipinski definition) is 1. The summed E-state index contributed by atoms with van der Waals surface area (Å²) in [6.07, 6.45) is 2.18. The zero-order valence-corrected chi connectivity index (χ0v) is 11.8. The zero-order chi connectivity index (χ0) is 13.1. The van der Waals surface area contributed by atoms with Crippen molar-refractivity contribution >= 4 is 0 Å². The van der Waals surface area contributed by atoms with E-state index in [9.17, 15) is 5.11 Å². The SMILES string of the molecule is CC(C)CCC(C)(C)C(C)(O)c1ccccc1. The number of aliphatic hydroxyl groups is 1. The van der Waals surface area contributed by atoms with E-state index in [0.29, 0.717) is 5.92 Å². The van der Waals surface area contributed by atoms with Crippen LogP contribution in [-0.2, 0) is 5.60 Å². The molecule has 0 amide bonds. The lowest BCUT2D eigenvalue weighted by atomic mass is 9.69. The molecule has 1 atom stereocenters. The van der Waals surface area contributed by atoms with E-state index in [-0.39, 0.29) is 5.41 Å². The second kappa shape index (κ2) is 5.22. The minimum Gasteiger partial charge on any atom is -0.385 e. The van der Waals surface area contributed by atoms with Crippen molar-refractivity contribution in [3.05, 3.63) is 35.9 Å². The molecule has 0 saturated carbocycles. The normalized spacial score (nSPS) is 15.9. The average molecular weight is 234 g/mol. The standard InChI is InChI=1S/C16H26O/c1-13(2)11-12-15(3,4)16(5,17)14-9-7-6-8-10-14/h6-10,13,17H,11-12H2,1-5H3. The molecule has 0 spiro atoms. The van der Waals surface area contributed by atoms with Gasteiger partial charge in [-0.05, 0) is 30.2 Å². The average Bonchev–Trinajstić information content (AvgIpc) is 2.27. The van der Waals surface area contributed by atoms with Crippen LogP contribution < -0.4 is 0 Å². The molecule has 0 fully saturated rings. The third-order valence-corrected chi connectivity index (χ3v) is 4.00. The summed E-state index contributed by atoms with van der Waals surface area (Å²) in [6.45, 7) is 10.7. The first-order chi connectivity index (χ1) is 7.77. The summed E-state index contributed by atoms with van der Waals surface area (Å²) < 4.78 is 0. The van der Waals surface area contributed by atoms with Gasteiger partial charge in [0, 0.05) is 0 Å². The van der Waals surface area contributed by atoms with Gasteiger partial charge in [-0.15, -0.1) is 0 Å². The Hall–Kier alpha value is -0.820. The lowest BCUT2D eigenvalue weighted by molar-refractivity contribution is -0.0639. The Morgan fingerprint density at radius 3 is 2.06 bits per heavy atom. The van der Waals surface area contributed by atoms with E-state index in [4.69, 9.17) is 0 Å². The molecule has 17 heavy (non-hydrogen) atoms. The first-order valence-electron chi connectivity index (χ1n) is 6.55. The third-order valence-electron chi connectivity index (χ3n) is 4.00. The topological polar surface area (TPSA) is 20.2 Å². The van der Waals surface area contributed by atoms with Gasteiger partial charge in [-0.3, -0.25) is 0 Å². The molecule has 0 radical (unpaired) electrons. The molecular weight excluding hydrogens is 208 g/mol. The molecule has 1 N–H and O–H groups in total. The highest BCUT2D eigenvalue weighted by Gasteiger charge is 2.40. The quantitative estimate of drug-likeness (QED) is 0.802. The molecule has 1 nitrogen and oxygen atoms in total. The Bertz CT molecular complexity index is 336. The van der Waals surface area contributed by atoms with Crippen molar-refractivity contribution in [2.75, 3.05) is 0 Å². The van der Waals surface area contributed by atoms with Gasteiger partial charge in [-0.2, -0.15) is 0 Å². The van der Waals surface area contributed by atoms with Gasteiger partial charge in [0.2, 0.25) is 0 Å². The van der Waals surface area contributed by atoms with Crippen LogP contribution in [0.15, 0.2) is 30.3 Å². The van der Waals surface area contributed by atoms with E-state index < -0.39 is 5.60 Å². The number of benzene rings is 1. The van der Waals surface area contributed by atoms with Gasteiger partial charge in [0.25, 0.3) is 0 Å². The first kappa shape index (κ1) is 14.2. The van der Waals surface area contributed by atoms with Crippen LogP contribution in [-0.4, -0.2) is 5.11 Å². The Morgan fingerprint density at radius 1 is 1.06 bits per heavy atom. The van der Waals surface area contributed by atoms with E-state index in [1.54, 1.807) is 0 Å². The molecular formula is C16H26O. The summed E-state index contributed by atoms with van der Waals surface area (Å²) in [4.78, 5) is 0. The van der Waals surface area contributed by atoms with Gasteiger partial charge >= 0.3 is 0 Å². The highest BCUT2D eigenvalue weighted by Crippen LogP contribution is 2.43. The van der Waals surface area contributed by atoms with E-state index in [0.717, 1.165) is 18.4 Å². The van der Waals surface area contributed by atoms with Crippen LogP contribution >= 0.6 is 0 Å². The van der Waals surface area contributed by atoms with E-state index in [1.165, 1.54) is 0 Å². The van der Waals surface area contributed by atoms with E-state index in [2.05, 4.69) is 27.7 Å². The molecule has 0 bridgehead atoms. The van der Waals surface area contributed by atoms with Crippen LogP contribution in [0.3, 0.4) is 0 Å². The summed E-state index contributed by atoms with van der Waals surface area (Å²) >= 11 is 0. The second-order valence-corrected chi connectivity index (χ2v) is 6.25. The first-order valence-corrected chi connectivity index (χ1v) is 6.55. The summed E-state index contributed by atoms with van der Waals surface area (Å²) in [7, 11) is 0. The summed E-state index contributed by atoms with van der Waals surface area (Å²) in [6, 6.07) is 9.99. The Morgan fingerprint density at radius 2 is 1.59 bits per heavy atom. The van der Waals surface area contributed by atoms with Crippen LogP contribution in [0.5, 0.6) is 0 Å². The fraction of sp³-hybridized carbons (Fsp3) is 0.625. The van der Waals surface area contributed by atoms with E-state index in [1.807, 2.05) is 37.3 Å². The van der Waals surface area contributed by atoms with Crippen molar-refractivity contribution in [2.24, 2.45) is 11.3 Å². The van der Waals surface area contributed by atoms with Gasteiger partial charge in [0.05, 0.1) is 5.60 Å². The van der Waals surface area contributed by atoms with Gasteiger partial charge in [-0.25, -0.2) is 0 Å². The number of rotatable bonds is 5. The maximum Gasteiger partial charge on any atom is 0.0919 e. The molecule has 1 aromatic rings. The fourth-order valence-corrected chi connectivity index (χ4v) is 2.05. The van der Waals surface area contributed by atoms with Crippen molar-refractivity contribution in [1.29, 1.82) is 0 Å². The summed E-state index contributed by atoms with van der Waals surface area (Å²) in [5, 5.41) is 10.8. The van der Waals surface area contributed by atoms with Crippen molar-refractivity contribution in [1.82, 2.24) is 0 Å². The molecule has 0 aliphatic heterocycles. The van der Waals surface area contributed by atoms with Crippen molar-refractivity contribution in [2.45, 2.75) is 53.1 Å². The zero-order valence-electron chi connectivity index (χ0n) is 11.8. The second-order valence-electron chi connectivity index (χ2n) is 6.25. The molecule has 1 heteroatoms. The molecule has 0 aliphatic rings. The Labute approximate surface area is 106 Å². The van der Waals surface area contributed by atoms with Crippen LogP contribution in [0, 0.1) is 11.3 Å². The molecule has 1 rings (SSSR count). The van der Waals surface area contributed by atoms with E-state index >= 15 is 0 Å². The van der Waals surface area contributed by atoms with Crippen LogP contribution in [0.25, 0.3) is 0 Å². The highest BCUT2D eigenvalue weighted by atomic mass is 16.3. The minimum atomic E-state index is -0.775. The fourth-order valence-electron chi connectivity index (χ4n) is 2.05. The third kappa shape index (κ3) is 3.32. The monoisotopic (exact) mass is 234 g/mol. The van der Waals surface area contributed by atoms with Crippen LogP contribution in [0.1, 0.15) is 53.0 Å². The molecule has 0 heterocycles. The summed E-state index contributed by atoms with van der Waals surface area (Å²) in [5.41, 5.74) is 0.121. The van der Waals surface area contributed by atoms with Crippen LogP contribution in [0.4, 0.5) is 0 Å². The van der Waals surface area contributed by atoms with Crippen molar-refractivity contribution in [3.63, 3.8) is 0 Å². The largest absolute Gasteiger partial charge is 0.385 e. The van der Waals surface area contributed by atoms with Gasteiger partial charge in [0.15, 0.2) is 0 Å². The minimum absolute atomic E-state index is 0.112. The number of hydrogen-bond acceptors (Lipinski definition) is 1. The van der Waals surface area contributed by atoms with Gasteiger partial charge in [-0.1, -0.05) is 64.4 Å². The molecule has 0 aliphatic carbocycles.